The maximum atomic E-state index is 14.9. The minimum absolute atomic E-state index is 0.0903. The van der Waals surface area contributed by atoms with Crippen LogP contribution in [-0.4, -0.2) is 84.8 Å². The molecule has 5 aliphatic rings. The molecule has 3 amide bonds. The first-order valence-electron chi connectivity index (χ1n) is 14.2. The van der Waals surface area contributed by atoms with E-state index in [-0.39, 0.29) is 53.8 Å². The van der Waals surface area contributed by atoms with Crippen LogP contribution in [0.3, 0.4) is 0 Å². The van der Waals surface area contributed by atoms with Crippen LogP contribution in [0.25, 0.3) is 0 Å². The number of fused-ring (bicyclic) bond motifs is 3. The minimum Gasteiger partial charge on any atom is -0.465 e. The molecule has 0 radical (unpaired) electrons. The molecule has 4 heterocycles. The zero-order valence-corrected chi connectivity index (χ0v) is 22.5. The molecule has 3 fully saturated rings. The number of nitrogens with zero attached hydrogens (tertiary/aromatic N) is 4. The quantitative estimate of drug-likeness (QED) is 0.387. The van der Waals surface area contributed by atoms with Gasteiger partial charge in [0.05, 0.1) is 19.3 Å². The van der Waals surface area contributed by atoms with Gasteiger partial charge in [-0.25, -0.2) is 19.2 Å². The van der Waals surface area contributed by atoms with Crippen LogP contribution in [0.5, 0.6) is 5.88 Å². The second kappa shape index (κ2) is 10.5. The van der Waals surface area contributed by atoms with E-state index in [0.717, 1.165) is 42.5 Å². The van der Waals surface area contributed by atoms with Gasteiger partial charge in [-0.3, -0.25) is 19.4 Å². The van der Waals surface area contributed by atoms with Gasteiger partial charge in [0.15, 0.2) is 18.2 Å². The predicted octanol–water partition coefficient (Wildman–Crippen LogP) is 1.56. The molecule has 2 saturated heterocycles. The van der Waals surface area contributed by atoms with Gasteiger partial charge < -0.3 is 25.4 Å². The van der Waals surface area contributed by atoms with E-state index in [1.54, 1.807) is 0 Å². The summed E-state index contributed by atoms with van der Waals surface area (Å²) in [6.45, 7) is 3.87. The van der Waals surface area contributed by atoms with Crippen molar-refractivity contribution in [1.82, 2.24) is 20.2 Å². The van der Waals surface area contributed by atoms with Gasteiger partial charge in [0, 0.05) is 18.8 Å². The molecule has 3 N–H and O–H groups in total. The summed E-state index contributed by atoms with van der Waals surface area (Å²) >= 11 is 0. The lowest BCUT2D eigenvalue weighted by molar-refractivity contribution is -0.119. The number of aromatic nitrogens is 2. The Kier molecular flexibility index (Phi) is 6.70. The van der Waals surface area contributed by atoms with Crippen LogP contribution in [0.4, 0.5) is 26.5 Å². The molecule has 0 bridgehead atoms. The Bertz CT molecular complexity index is 1400. The highest BCUT2D eigenvalue weighted by molar-refractivity contribution is 5.95. The number of carbonyl (C=O) groups is 3. The lowest BCUT2D eigenvalue weighted by atomic mass is 10.1. The van der Waals surface area contributed by atoms with Gasteiger partial charge >= 0.3 is 6.09 Å². The van der Waals surface area contributed by atoms with E-state index < -0.39 is 6.09 Å². The summed E-state index contributed by atoms with van der Waals surface area (Å²) in [5.74, 6) is 1.77. The lowest BCUT2D eigenvalue weighted by Crippen LogP contribution is -2.32. The number of carbonyl (C=O) groups excluding carboxylic acids is 3. The van der Waals surface area contributed by atoms with Gasteiger partial charge in [-0.1, -0.05) is 0 Å². The van der Waals surface area contributed by atoms with Crippen molar-refractivity contribution >= 4 is 35.2 Å². The molecule has 0 spiro atoms. The van der Waals surface area contributed by atoms with Gasteiger partial charge in [0.2, 0.25) is 5.91 Å². The Labute approximate surface area is 236 Å². The van der Waals surface area contributed by atoms with E-state index in [1.807, 2.05) is 6.07 Å². The second-order valence-corrected chi connectivity index (χ2v) is 11.7. The Morgan fingerprint density at radius 1 is 1.17 bits per heavy atom. The van der Waals surface area contributed by atoms with E-state index >= 15 is 0 Å². The largest absolute Gasteiger partial charge is 0.465 e. The number of ether oxygens (including phenoxy) is 2. The summed E-state index contributed by atoms with van der Waals surface area (Å²) in [6.07, 6.45) is 3.85. The maximum Gasteiger partial charge on any atom is 0.415 e. The van der Waals surface area contributed by atoms with E-state index in [4.69, 9.17) is 9.47 Å². The summed E-state index contributed by atoms with van der Waals surface area (Å²) < 4.78 is 25.6. The number of likely N-dealkylation sites (tertiary alicyclic amines) is 1. The Hall–Kier alpha value is -3.84. The van der Waals surface area contributed by atoms with Crippen LogP contribution in [-0.2, 0) is 27.2 Å². The smallest absolute Gasteiger partial charge is 0.415 e. The zero-order valence-electron chi connectivity index (χ0n) is 22.5. The number of anilines is 3. The molecule has 41 heavy (non-hydrogen) atoms. The van der Waals surface area contributed by atoms with Gasteiger partial charge in [0.25, 0.3) is 11.8 Å². The summed E-state index contributed by atoms with van der Waals surface area (Å²) in [5, 5.41) is 8.89. The van der Waals surface area contributed by atoms with Crippen molar-refractivity contribution in [3.05, 3.63) is 35.3 Å². The van der Waals surface area contributed by atoms with Crippen molar-refractivity contribution in [1.29, 1.82) is 0 Å². The molecular formula is C28H32FN7O5. The van der Waals surface area contributed by atoms with Crippen molar-refractivity contribution in [3.8, 4) is 5.88 Å². The maximum absolute atomic E-state index is 14.9. The summed E-state index contributed by atoms with van der Waals surface area (Å²) in [5.41, 5.74) is 2.19. The first-order chi connectivity index (χ1) is 19.9. The standard InChI is InChI=1S/C28H32FN7O5/c29-22-7-19(32-24(37)13-35-10-17-5-18(17)11-35)6-16-3-15(4-21(16)22)8-30-2-1-20-12-36(28(39)41-20)23-9-31-27-26(33-23)34-25(38)14-40-27/h6-7,9,15,17-18,20,30H,1-5,8,10-14H2,(H,32,37)(H,33,34,38). The molecule has 2 aromatic rings. The number of nitrogens with one attached hydrogen (secondary N) is 3. The van der Waals surface area contributed by atoms with Crippen molar-refractivity contribution in [3.63, 3.8) is 0 Å². The van der Waals surface area contributed by atoms with Crippen molar-refractivity contribution < 1.29 is 28.2 Å². The molecule has 216 valence electrons. The molecule has 2 aliphatic carbocycles. The minimum atomic E-state index is -0.519. The fraction of sp³-hybridized carbons (Fsp3) is 0.536. The third-order valence-electron chi connectivity index (χ3n) is 8.55. The number of amides is 3. The van der Waals surface area contributed by atoms with Crippen LogP contribution >= 0.6 is 0 Å². The summed E-state index contributed by atoms with van der Waals surface area (Å²) in [7, 11) is 0. The van der Waals surface area contributed by atoms with E-state index in [1.165, 1.54) is 23.6 Å². The molecule has 12 nitrogen and oxygen atoms in total. The summed E-state index contributed by atoms with van der Waals surface area (Å²) in [6, 6.07) is 3.34. The van der Waals surface area contributed by atoms with Crippen LogP contribution in [0.15, 0.2) is 18.3 Å². The third-order valence-corrected chi connectivity index (χ3v) is 8.55. The number of cyclic esters (lactones) is 1. The van der Waals surface area contributed by atoms with Crippen LogP contribution in [0, 0.1) is 23.6 Å². The van der Waals surface area contributed by atoms with E-state index in [2.05, 4.69) is 30.8 Å². The molecule has 4 unspecified atom stereocenters. The highest BCUT2D eigenvalue weighted by atomic mass is 19.1. The SMILES string of the molecule is O=C(CN1CC2CC2C1)Nc1cc(F)c2c(c1)CC(CNCCC1CN(c3cnc4c(n3)NC(=O)CO4)C(=O)O1)C2. The third kappa shape index (κ3) is 5.55. The number of benzene rings is 1. The number of halogens is 1. The average Bonchev–Trinajstić information content (AvgIpc) is 3.24. The Morgan fingerprint density at radius 2 is 2.02 bits per heavy atom. The topological polar surface area (TPSA) is 138 Å². The first kappa shape index (κ1) is 26.1. The second-order valence-electron chi connectivity index (χ2n) is 11.7. The predicted molar refractivity (Wildman–Crippen MR) is 145 cm³/mol. The van der Waals surface area contributed by atoms with Gasteiger partial charge in [-0.15, -0.1) is 0 Å². The van der Waals surface area contributed by atoms with Crippen molar-refractivity contribution in [2.24, 2.45) is 17.8 Å². The van der Waals surface area contributed by atoms with Crippen molar-refractivity contribution in [2.75, 3.05) is 61.4 Å². The molecule has 1 aromatic carbocycles. The normalized spacial score (nSPS) is 26.1. The van der Waals surface area contributed by atoms with Gasteiger partial charge in [-0.05, 0) is 79.8 Å². The van der Waals surface area contributed by atoms with E-state index in [9.17, 15) is 18.8 Å². The number of hydrogen-bond acceptors (Lipinski definition) is 9. The zero-order chi connectivity index (χ0) is 28.1. The average molecular weight is 566 g/mol. The fourth-order valence-electron chi connectivity index (χ4n) is 6.44. The molecule has 1 saturated carbocycles. The highest BCUT2D eigenvalue weighted by Gasteiger charge is 2.45. The number of rotatable bonds is 9. The highest BCUT2D eigenvalue weighted by Crippen LogP contribution is 2.44. The summed E-state index contributed by atoms with van der Waals surface area (Å²) in [4.78, 5) is 48.5. The number of hydrogen-bond donors (Lipinski definition) is 3. The fourth-order valence-corrected chi connectivity index (χ4v) is 6.44. The van der Waals surface area contributed by atoms with Gasteiger partial charge in [-0.2, -0.15) is 0 Å². The Morgan fingerprint density at radius 3 is 2.88 bits per heavy atom. The monoisotopic (exact) mass is 565 g/mol. The molecule has 7 rings (SSSR count). The van der Waals surface area contributed by atoms with Gasteiger partial charge in [0.1, 0.15) is 11.9 Å². The Balaban J connectivity index is 0.860. The molecular weight excluding hydrogens is 533 g/mol. The van der Waals surface area contributed by atoms with Crippen molar-refractivity contribution in [2.45, 2.75) is 31.8 Å². The van der Waals surface area contributed by atoms with Crippen LogP contribution in [0.2, 0.25) is 0 Å². The van der Waals surface area contributed by atoms with E-state index in [0.29, 0.717) is 44.7 Å². The molecule has 13 heteroatoms. The molecule has 1 aromatic heterocycles. The molecule has 3 aliphatic heterocycles. The lowest BCUT2D eigenvalue weighted by Gasteiger charge is -2.18. The first-order valence-corrected chi connectivity index (χ1v) is 14.2. The van der Waals surface area contributed by atoms with Crippen LogP contribution in [0.1, 0.15) is 24.0 Å². The van der Waals surface area contributed by atoms with Crippen LogP contribution < -0.4 is 25.6 Å². The number of piperidine rings is 1. The molecule has 4 atom stereocenters.